The van der Waals surface area contributed by atoms with Crippen molar-refractivity contribution < 1.29 is 9.53 Å². The molecule has 2 heterocycles. The first-order valence-electron chi connectivity index (χ1n) is 8.11. The molecular weight excluding hydrogens is 344 g/mol. The van der Waals surface area contributed by atoms with Gasteiger partial charge in [0.05, 0.1) is 0 Å². The van der Waals surface area contributed by atoms with Gasteiger partial charge in [-0.2, -0.15) is 5.10 Å². The number of aromatic nitrogens is 5. The van der Waals surface area contributed by atoms with Crippen molar-refractivity contribution in [2.45, 2.75) is 0 Å². The normalized spacial score (nSPS) is 10.4. The Morgan fingerprint density at radius 1 is 0.889 bits per heavy atom. The van der Waals surface area contributed by atoms with Crippen molar-refractivity contribution in [3.05, 3.63) is 85.1 Å². The van der Waals surface area contributed by atoms with Crippen LogP contribution in [0.3, 0.4) is 0 Å². The third-order valence-electron chi connectivity index (χ3n) is 3.63. The minimum Gasteiger partial charge on any atom is -0.457 e. The average Bonchev–Trinajstić information content (AvgIpc) is 3.25. The summed E-state index contributed by atoms with van der Waals surface area (Å²) < 4.78 is 7.18. The maximum atomic E-state index is 12.3. The van der Waals surface area contributed by atoms with Gasteiger partial charge in [0.25, 0.3) is 5.91 Å². The molecule has 0 aliphatic carbocycles. The molecule has 2 aromatic carbocycles. The number of benzene rings is 2. The molecule has 0 atom stereocenters. The zero-order valence-corrected chi connectivity index (χ0v) is 14.1. The van der Waals surface area contributed by atoms with Gasteiger partial charge in [-0.05, 0) is 48.5 Å². The van der Waals surface area contributed by atoms with Gasteiger partial charge in [-0.25, -0.2) is 9.67 Å². The number of amides is 1. The predicted octanol–water partition coefficient (Wildman–Crippen LogP) is 3.10. The SMILES string of the molecule is O=C(Nc1ccc(Oc2ccccc2)cc1)c1ccc(-n2cncn2)nn1. The summed E-state index contributed by atoms with van der Waals surface area (Å²) in [5.74, 6) is 1.55. The molecule has 0 fully saturated rings. The Labute approximate surface area is 154 Å². The van der Waals surface area contributed by atoms with Crippen molar-refractivity contribution in [3.8, 4) is 17.3 Å². The van der Waals surface area contributed by atoms with Crippen LogP contribution >= 0.6 is 0 Å². The van der Waals surface area contributed by atoms with Crippen LogP contribution in [0.4, 0.5) is 5.69 Å². The number of anilines is 1. The number of nitrogens with zero attached hydrogens (tertiary/aromatic N) is 5. The fourth-order valence-electron chi connectivity index (χ4n) is 2.32. The van der Waals surface area contributed by atoms with Crippen molar-refractivity contribution in [1.82, 2.24) is 25.0 Å². The highest BCUT2D eigenvalue weighted by Crippen LogP contribution is 2.22. The quantitative estimate of drug-likeness (QED) is 0.589. The third-order valence-corrected chi connectivity index (χ3v) is 3.63. The van der Waals surface area contributed by atoms with E-state index in [1.807, 2.05) is 30.3 Å². The number of rotatable bonds is 5. The highest BCUT2D eigenvalue weighted by atomic mass is 16.5. The fraction of sp³-hybridized carbons (Fsp3) is 0. The molecule has 1 N–H and O–H groups in total. The molecular formula is C19H14N6O2. The molecule has 8 heteroatoms. The van der Waals surface area contributed by atoms with Crippen LogP contribution in [0.25, 0.3) is 5.82 Å². The van der Waals surface area contributed by atoms with E-state index in [-0.39, 0.29) is 11.6 Å². The number of carbonyl (C=O) groups is 1. The lowest BCUT2D eigenvalue weighted by atomic mass is 10.2. The topological polar surface area (TPSA) is 94.8 Å². The fourth-order valence-corrected chi connectivity index (χ4v) is 2.32. The smallest absolute Gasteiger partial charge is 0.276 e. The number of para-hydroxylation sites is 1. The van der Waals surface area contributed by atoms with E-state index in [9.17, 15) is 4.79 Å². The number of hydrogen-bond donors (Lipinski definition) is 1. The van der Waals surface area contributed by atoms with Crippen LogP contribution in [0.15, 0.2) is 79.4 Å². The second-order valence-corrected chi connectivity index (χ2v) is 5.51. The molecule has 0 spiro atoms. The van der Waals surface area contributed by atoms with Gasteiger partial charge in [-0.15, -0.1) is 10.2 Å². The summed E-state index contributed by atoms with van der Waals surface area (Å²) in [5.41, 5.74) is 0.825. The summed E-state index contributed by atoms with van der Waals surface area (Å²) in [6.45, 7) is 0. The summed E-state index contributed by atoms with van der Waals surface area (Å²) in [6.07, 6.45) is 2.90. The minimum absolute atomic E-state index is 0.198. The van der Waals surface area contributed by atoms with E-state index < -0.39 is 0 Å². The van der Waals surface area contributed by atoms with Crippen molar-refractivity contribution in [2.24, 2.45) is 0 Å². The lowest BCUT2D eigenvalue weighted by molar-refractivity contribution is 0.102. The van der Waals surface area contributed by atoms with E-state index in [1.165, 1.54) is 17.3 Å². The lowest BCUT2D eigenvalue weighted by Crippen LogP contribution is -2.15. The molecule has 2 aromatic heterocycles. The van der Waals surface area contributed by atoms with E-state index in [2.05, 4.69) is 25.6 Å². The van der Waals surface area contributed by atoms with Crippen LogP contribution < -0.4 is 10.1 Å². The second-order valence-electron chi connectivity index (χ2n) is 5.51. The molecule has 0 aliphatic rings. The maximum absolute atomic E-state index is 12.3. The van der Waals surface area contributed by atoms with Crippen LogP contribution in [-0.2, 0) is 0 Å². The molecule has 4 rings (SSSR count). The number of hydrogen-bond acceptors (Lipinski definition) is 6. The van der Waals surface area contributed by atoms with Crippen molar-refractivity contribution >= 4 is 11.6 Å². The van der Waals surface area contributed by atoms with Crippen LogP contribution in [0.5, 0.6) is 11.5 Å². The van der Waals surface area contributed by atoms with Gasteiger partial charge in [0.15, 0.2) is 11.5 Å². The van der Waals surface area contributed by atoms with E-state index >= 15 is 0 Å². The number of ether oxygens (including phenoxy) is 1. The summed E-state index contributed by atoms with van der Waals surface area (Å²) in [5, 5.41) is 14.6. The summed E-state index contributed by atoms with van der Waals surface area (Å²) in [4.78, 5) is 16.1. The second kappa shape index (κ2) is 7.44. The highest BCUT2D eigenvalue weighted by Gasteiger charge is 2.10. The van der Waals surface area contributed by atoms with Gasteiger partial charge in [0, 0.05) is 5.69 Å². The van der Waals surface area contributed by atoms with Gasteiger partial charge in [-0.1, -0.05) is 18.2 Å². The van der Waals surface area contributed by atoms with Gasteiger partial charge >= 0.3 is 0 Å². The molecule has 1 amide bonds. The van der Waals surface area contributed by atoms with Crippen LogP contribution in [0, 0.1) is 0 Å². The first kappa shape index (κ1) is 16.4. The van der Waals surface area contributed by atoms with Crippen molar-refractivity contribution in [1.29, 1.82) is 0 Å². The van der Waals surface area contributed by atoms with Crippen LogP contribution in [0.2, 0.25) is 0 Å². The highest BCUT2D eigenvalue weighted by molar-refractivity contribution is 6.02. The van der Waals surface area contributed by atoms with E-state index in [1.54, 1.807) is 36.4 Å². The Bertz CT molecular complexity index is 1020. The van der Waals surface area contributed by atoms with E-state index in [0.717, 1.165) is 5.75 Å². The molecule has 4 aromatic rings. The minimum atomic E-state index is -0.357. The number of nitrogens with one attached hydrogen (secondary N) is 1. The lowest BCUT2D eigenvalue weighted by Gasteiger charge is -2.08. The summed E-state index contributed by atoms with van der Waals surface area (Å²) in [7, 11) is 0. The standard InChI is InChI=1S/C19H14N6O2/c26-19(17-10-11-18(24-23-17)25-13-20-12-21-25)22-14-6-8-16(9-7-14)27-15-4-2-1-3-5-15/h1-13H,(H,22,26). The molecule has 0 unspecified atom stereocenters. The Morgan fingerprint density at radius 2 is 1.67 bits per heavy atom. The zero-order chi connectivity index (χ0) is 18.5. The Kier molecular flexibility index (Phi) is 4.52. The molecule has 27 heavy (non-hydrogen) atoms. The Hall–Kier alpha value is -4.07. The van der Waals surface area contributed by atoms with Gasteiger partial charge in [0.2, 0.25) is 0 Å². The summed E-state index contributed by atoms with van der Waals surface area (Å²) >= 11 is 0. The molecule has 0 radical (unpaired) electrons. The molecule has 0 saturated carbocycles. The summed E-state index contributed by atoms with van der Waals surface area (Å²) in [6, 6.07) is 19.8. The Morgan fingerprint density at radius 3 is 2.33 bits per heavy atom. The van der Waals surface area contributed by atoms with Crippen molar-refractivity contribution in [2.75, 3.05) is 5.32 Å². The van der Waals surface area contributed by atoms with E-state index in [0.29, 0.717) is 17.3 Å². The average molecular weight is 358 g/mol. The molecule has 0 saturated heterocycles. The van der Waals surface area contributed by atoms with Crippen molar-refractivity contribution in [3.63, 3.8) is 0 Å². The third kappa shape index (κ3) is 3.96. The first-order valence-corrected chi connectivity index (χ1v) is 8.11. The van der Waals surface area contributed by atoms with Gasteiger partial charge < -0.3 is 10.1 Å². The molecule has 8 nitrogen and oxygen atoms in total. The zero-order valence-electron chi connectivity index (χ0n) is 14.1. The van der Waals surface area contributed by atoms with Crippen LogP contribution in [-0.4, -0.2) is 30.9 Å². The number of carbonyl (C=O) groups excluding carboxylic acids is 1. The molecule has 0 aliphatic heterocycles. The monoisotopic (exact) mass is 358 g/mol. The maximum Gasteiger partial charge on any atom is 0.276 e. The van der Waals surface area contributed by atoms with Gasteiger partial charge in [-0.3, -0.25) is 4.79 Å². The van der Waals surface area contributed by atoms with E-state index in [4.69, 9.17) is 4.74 Å². The first-order chi connectivity index (χ1) is 13.3. The van der Waals surface area contributed by atoms with Crippen LogP contribution in [0.1, 0.15) is 10.5 Å². The van der Waals surface area contributed by atoms with Gasteiger partial charge in [0.1, 0.15) is 24.2 Å². The molecule has 0 bridgehead atoms. The largest absolute Gasteiger partial charge is 0.457 e. The molecule has 132 valence electrons. The Balaban J connectivity index is 1.40. The predicted molar refractivity (Wildman–Crippen MR) is 97.9 cm³/mol.